The maximum absolute atomic E-state index is 5.38. The van der Waals surface area contributed by atoms with E-state index in [9.17, 15) is 0 Å². The van der Waals surface area contributed by atoms with Crippen LogP contribution in [0.25, 0.3) is 10.9 Å². The molecule has 3 heterocycles. The molecule has 4 rings (SSSR count). The third-order valence-corrected chi connectivity index (χ3v) is 3.86. The van der Waals surface area contributed by atoms with Gasteiger partial charge >= 0.3 is 0 Å². The van der Waals surface area contributed by atoms with Gasteiger partial charge in [-0.2, -0.15) is 0 Å². The molecule has 6 nitrogen and oxygen atoms in total. The van der Waals surface area contributed by atoms with E-state index in [4.69, 9.17) is 4.74 Å². The van der Waals surface area contributed by atoms with Gasteiger partial charge in [0.1, 0.15) is 18.0 Å². The zero-order chi connectivity index (χ0) is 15.5. The molecule has 1 saturated heterocycles. The monoisotopic (exact) mass is 307 g/mol. The quantitative estimate of drug-likeness (QED) is 0.802. The van der Waals surface area contributed by atoms with Crippen LogP contribution in [0.15, 0.2) is 48.9 Å². The van der Waals surface area contributed by atoms with Crippen molar-refractivity contribution < 1.29 is 4.74 Å². The van der Waals surface area contributed by atoms with Crippen molar-refractivity contribution in [3.8, 4) is 0 Å². The smallest absolute Gasteiger partial charge is 0.135 e. The predicted molar refractivity (Wildman–Crippen MR) is 90.1 cm³/mol. The third kappa shape index (κ3) is 3.07. The highest BCUT2D eigenvalue weighted by Gasteiger charge is 2.13. The van der Waals surface area contributed by atoms with Crippen molar-refractivity contribution in [1.29, 1.82) is 0 Å². The molecule has 0 spiro atoms. The number of pyridine rings is 1. The molecule has 3 aromatic rings. The van der Waals surface area contributed by atoms with Crippen LogP contribution >= 0.6 is 0 Å². The van der Waals surface area contributed by atoms with E-state index in [1.807, 2.05) is 30.3 Å². The summed E-state index contributed by atoms with van der Waals surface area (Å²) >= 11 is 0. The van der Waals surface area contributed by atoms with Gasteiger partial charge in [-0.25, -0.2) is 9.97 Å². The molecule has 0 atom stereocenters. The van der Waals surface area contributed by atoms with Crippen LogP contribution in [0.3, 0.4) is 0 Å². The first-order valence-corrected chi connectivity index (χ1v) is 7.65. The van der Waals surface area contributed by atoms with Gasteiger partial charge in [0, 0.05) is 36.4 Å². The summed E-state index contributed by atoms with van der Waals surface area (Å²) in [6.07, 6.45) is 3.39. The van der Waals surface area contributed by atoms with E-state index < -0.39 is 0 Å². The molecule has 0 amide bonds. The van der Waals surface area contributed by atoms with Crippen molar-refractivity contribution in [3.63, 3.8) is 0 Å². The van der Waals surface area contributed by atoms with Crippen molar-refractivity contribution in [2.45, 2.75) is 0 Å². The number of rotatable bonds is 3. The van der Waals surface area contributed by atoms with Crippen molar-refractivity contribution in [3.05, 3.63) is 48.9 Å². The number of morpholine rings is 1. The Labute approximate surface area is 134 Å². The van der Waals surface area contributed by atoms with Crippen LogP contribution in [-0.4, -0.2) is 41.3 Å². The molecule has 1 fully saturated rings. The SMILES string of the molecule is c1cnc2ccc(Nc3cc(N4CCOCC4)ncn3)cc2c1. The van der Waals surface area contributed by atoms with Gasteiger partial charge in [-0.3, -0.25) is 4.98 Å². The molecule has 0 aliphatic carbocycles. The average molecular weight is 307 g/mol. The number of nitrogens with one attached hydrogen (secondary N) is 1. The fourth-order valence-corrected chi connectivity index (χ4v) is 2.68. The second-order valence-corrected chi connectivity index (χ2v) is 5.40. The summed E-state index contributed by atoms with van der Waals surface area (Å²) in [6, 6.07) is 12.0. The van der Waals surface area contributed by atoms with Gasteiger partial charge in [0.2, 0.25) is 0 Å². The average Bonchev–Trinajstić information content (AvgIpc) is 2.63. The summed E-state index contributed by atoms with van der Waals surface area (Å²) in [5.41, 5.74) is 1.96. The first-order chi connectivity index (χ1) is 11.4. The van der Waals surface area contributed by atoms with Gasteiger partial charge in [-0.15, -0.1) is 0 Å². The first-order valence-electron chi connectivity index (χ1n) is 7.65. The molecule has 1 aliphatic heterocycles. The second-order valence-electron chi connectivity index (χ2n) is 5.40. The van der Waals surface area contributed by atoms with Crippen molar-refractivity contribution in [2.75, 3.05) is 36.5 Å². The van der Waals surface area contributed by atoms with E-state index in [1.54, 1.807) is 12.5 Å². The Kier molecular flexibility index (Phi) is 3.73. The van der Waals surface area contributed by atoms with E-state index in [2.05, 4.69) is 31.2 Å². The van der Waals surface area contributed by atoms with Gasteiger partial charge < -0.3 is 15.0 Å². The fourth-order valence-electron chi connectivity index (χ4n) is 2.68. The van der Waals surface area contributed by atoms with E-state index in [0.717, 1.165) is 54.5 Å². The number of benzene rings is 1. The standard InChI is InChI=1S/C17H17N5O/c1-2-13-10-14(3-4-15(13)18-5-1)21-16-11-17(20-12-19-16)22-6-8-23-9-7-22/h1-5,10-12H,6-9H2,(H,19,20,21). The molecule has 1 aliphatic rings. The highest BCUT2D eigenvalue weighted by molar-refractivity contribution is 5.83. The van der Waals surface area contributed by atoms with E-state index >= 15 is 0 Å². The second kappa shape index (κ2) is 6.18. The highest BCUT2D eigenvalue weighted by atomic mass is 16.5. The van der Waals surface area contributed by atoms with Gasteiger partial charge in [-0.1, -0.05) is 6.07 Å². The summed E-state index contributed by atoms with van der Waals surface area (Å²) in [6.45, 7) is 3.20. The zero-order valence-electron chi connectivity index (χ0n) is 12.6. The number of aromatic nitrogens is 3. The van der Waals surface area contributed by atoms with Crippen molar-refractivity contribution >= 4 is 28.2 Å². The number of ether oxygens (including phenoxy) is 1. The van der Waals surface area contributed by atoms with Gasteiger partial charge in [-0.05, 0) is 24.3 Å². The Morgan fingerprint density at radius 1 is 1.00 bits per heavy atom. The summed E-state index contributed by atoms with van der Waals surface area (Å²) in [7, 11) is 0. The molecule has 0 saturated carbocycles. The first kappa shape index (κ1) is 13.9. The lowest BCUT2D eigenvalue weighted by molar-refractivity contribution is 0.122. The lowest BCUT2D eigenvalue weighted by Crippen LogP contribution is -2.36. The largest absolute Gasteiger partial charge is 0.378 e. The summed E-state index contributed by atoms with van der Waals surface area (Å²) in [4.78, 5) is 15.2. The molecule has 0 unspecified atom stereocenters. The lowest BCUT2D eigenvalue weighted by Gasteiger charge is -2.27. The number of hydrogen-bond acceptors (Lipinski definition) is 6. The Balaban J connectivity index is 1.57. The summed E-state index contributed by atoms with van der Waals surface area (Å²) in [5, 5.41) is 4.44. The van der Waals surface area contributed by atoms with Gasteiger partial charge in [0.05, 0.1) is 18.7 Å². The molecule has 0 bridgehead atoms. The summed E-state index contributed by atoms with van der Waals surface area (Å²) < 4.78 is 5.38. The lowest BCUT2D eigenvalue weighted by atomic mass is 10.2. The maximum atomic E-state index is 5.38. The number of fused-ring (bicyclic) bond motifs is 1. The Morgan fingerprint density at radius 3 is 2.83 bits per heavy atom. The Morgan fingerprint density at radius 2 is 1.91 bits per heavy atom. The molecule has 6 heteroatoms. The maximum Gasteiger partial charge on any atom is 0.135 e. The van der Waals surface area contributed by atoms with Gasteiger partial charge in [0.15, 0.2) is 0 Å². The molecule has 0 radical (unpaired) electrons. The molecule has 1 N–H and O–H groups in total. The van der Waals surface area contributed by atoms with E-state index in [1.165, 1.54) is 0 Å². The van der Waals surface area contributed by atoms with Crippen molar-refractivity contribution in [1.82, 2.24) is 15.0 Å². The zero-order valence-corrected chi connectivity index (χ0v) is 12.6. The molecular formula is C17H17N5O. The topological polar surface area (TPSA) is 63.2 Å². The van der Waals surface area contributed by atoms with Crippen LogP contribution in [0.4, 0.5) is 17.3 Å². The molecule has 1 aromatic carbocycles. The molecule has 23 heavy (non-hydrogen) atoms. The minimum absolute atomic E-state index is 0.741. The third-order valence-electron chi connectivity index (χ3n) is 3.86. The van der Waals surface area contributed by atoms with E-state index in [-0.39, 0.29) is 0 Å². The minimum atomic E-state index is 0.741. The normalized spacial score (nSPS) is 14.9. The van der Waals surface area contributed by atoms with Crippen LogP contribution in [-0.2, 0) is 4.74 Å². The molecular weight excluding hydrogens is 290 g/mol. The van der Waals surface area contributed by atoms with Crippen LogP contribution in [0, 0.1) is 0 Å². The van der Waals surface area contributed by atoms with Crippen molar-refractivity contribution in [2.24, 2.45) is 0 Å². The predicted octanol–water partition coefficient (Wildman–Crippen LogP) is 2.61. The number of hydrogen-bond donors (Lipinski definition) is 1. The van der Waals surface area contributed by atoms with Crippen LogP contribution < -0.4 is 10.2 Å². The van der Waals surface area contributed by atoms with Crippen LogP contribution in [0.1, 0.15) is 0 Å². The Hall–Kier alpha value is -2.73. The summed E-state index contributed by atoms with van der Waals surface area (Å²) in [5.74, 6) is 1.71. The number of nitrogens with zero attached hydrogens (tertiary/aromatic N) is 4. The fraction of sp³-hybridized carbons (Fsp3) is 0.235. The molecule has 116 valence electrons. The van der Waals surface area contributed by atoms with Crippen LogP contribution in [0.2, 0.25) is 0 Å². The molecule has 2 aromatic heterocycles. The van der Waals surface area contributed by atoms with E-state index in [0.29, 0.717) is 0 Å². The highest BCUT2D eigenvalue weighted by Crippen LogP contribution is 2.22. The Bertz CT molecular complexity index is 817. The van der Waals surface area contributed by atoms with Crippen LogP contribution in [0.5, 0.6) is 0 Å². The minimum Gasteiger partial charge on any atom is -0.378 e. The number of anilines is 3. The van der Waals surface area contributed by atoms with Gasteiger partial charge in [0.25, 0.3) is 0 Å².